The Kier molecular flexibility index (Phi) is 5.01. The first-order valence-corrected chi connectivity index (χ1v) is 7.41. The Labute approximate surface area is 121 Å². The molecule has 2 amide bonds. The van der Waals surface area contributed by atoms with Crippen LogP contribution >= 0.6 is 0 Å². The van der Waals surface area contributed by atoms with Crippen LogP contribution in [0, 0.1) is 5.92 Å². The number of carbonyl (C=O) groups is 1. The van der Waals surface area contributed by atoms with E-state index < -0.39 is 0 Å². The van der Waals surface area contributed by atoms with Gasteiger partial charge in [-0.15, -0.1) is 0 Å². The lowest BCUT2D eigenvalue weighted by Crippen LogP contribution is -2.46. The molecule has 1 heterocycles. The smallest absolute Gasteiger partial charge is 0.323 e. The van der Waals surface area contributed by atoms with E-state index in [1.165, 1.54) is 5.56 Å². The maximum atomic E-state index is 12.3. The molecule has 0 saturated carbocycles. The van der Waals surface area contributed by atoms with Gasteiger partial charge in [-0.3, -0.25) is 4.90 Å². The number of anilines is 1. The number of benzene rings is 1. The minimum Gasteiger partial charge on any atom is -0.323 e. The SMILES string of the molecule is CC(C)CNCCCN1C(=O)N(C)Cc2ccccc21. The van der Waals surface area contributed by atoms with E-state index in [0.717, 1.165) is 31.7 Å². The molecule has 1 aromatic carbocycles. The van der Waals surface area contributed by atoms with E-state index in [1.807, 2.05) is 30.1 Å². The van der Waals surface area contributed by atoms with Gasteiger partial charge in [0.2, 0.25) is 0 Å². The van der Waals surface area contributed by atoms with Crippen LogP contribution in [-0.2, 0) is 6.54 Å². The minimum absolute atomic E-state index is 0.104. The molecule has 0 bridgehead atoms. The second-order valence-electron chi connectivity index (χ2n) is 5.87. The molecule has 0 aliphatic carbocycles. The molecule has 0 saturated heterocycles. The third-order valence-electron chi connectivity index (χ3n) is 3.54. The van der Waals surface area contributed by atoms with Crippen molar-refractivity contribution in [2.75, 3.05) is 31.6 Å². The van der Waals surface area contributed by atoms with Crippen LogP contribution in [-0.4, -0.2) is 37.6 Å². The van der Waals surface area contributed by atoms with Crippen LogP contribution in [0.25, 0.3) is 0 Å². The zero-order valence-electron chi connectivity index (χ0n) is 12.7. The van der Waals surface area contributed by atoms with Crippen molar-refractivity contribution in [3.8, 4) is 0 Å². The summed E-state index contributed by atoms with van der Waals surface area (Å²) < 4.78 is 0. The summed E-state index contributed by atoms with van der Waals surface area (Å²) in [5.74, 6) is 0.665. The molecule has 110 valence electrons. The van der Waals surface area contributed by atoms with E-state index in [4.69, 9.17) is 0 Å². The monoisotopic (exact) mass is 275 g/mol. The maximum Gasteiger partial charge on any atom is 0.324 e. The number of para-hydroxylation sites is 1. The van der Waals surface area contributed by atoms with Gasteiger partial charge in [0.1, 0.15) is 0 Å². The first-order valence-electron chi connectivity index (χ1n) is 7.41. The van der Waals surface area contributed by atoms with Gasteiger partial charge in [-0.1, -0.05) is 32.0 Å². The van der Waals surface area contributed by atoms with Gasteiger partial charge in [-0.25, -0.2) is 4.79 Å². The Morgan fingerprint density at radius 3 is 2.80 bits per heavy atom. The van der Waals surface area contributed by atoms with Crippen molar-refractivity contribution in [1.29, 1.82) is 0 Å². The fraction of sp³-hybridized carbons (Fsp3) is 0.562. The van der Waals surface area contributed by atoms with E-state index in [1.54, 1.807) is 4.90 Å². The minimum atomic E-state index is 0.104. The lowest BCUT2D eigenvalue weighted by Gasteiger charge is -2.35. The second kappa shape index (κ2) is 6.75. The average molecular weight is 275 g/mol. The van der Waals surface area contributed by atoms with Crippen LogP contribution in [0.5, 0.6) is 0 Å². The summed E-state index contributed by atoms with van der Waals surface area (Å²) in [5.41, 5.74) is 2.30. The second-order valence-corrected chi connectivity index (χ2v) is 5.87. The van der Waals surface area contributed by atoms with E-state index in [0.29, 0.717) is 12.5 Å². The Morgan fingerprint density at radius 2 is 2.05 bits per heavy atom. The molecule has 2 rings (SSSR count). The molecular formula is C16H25N3O. The van der Waals surface area contributed by atoms with Gasteiger partial charge < -0.3 is 10.2 Å². The van der Waals surface area contributed by atoms with E-state index in [2.05, 4.69) is 25.2 Å². The van der Waals surface area contributed by atoms with Crippen LogP contribution in [0.15, 0.2) is 24.3 Å². The van der Waals surface area contributed by atoms with Crippen LogP contribution < -0.4 is 10.2 Å². The molecule has 0 spiro atoms. The van der Waals surface area contributed by atoms with Crippen molar-refractivity contribution in [3.63, 3.8) is 0 Å². The molecule has 0 atom stereocenters. The average Bonchev–Trinajstić information content (AvgIpc) is 2.42. The number of carbonyl (C=O) groups excluding carboxylic acids is 1. The molecule has 1 aliphatic heterocycles. The molecule has 4 heteroatoms. The lowest BCUT2D eigenvalue weighted by atomic mass is 10.1. The van der Waals surface area contributed by atoms with Crippen molar-refractivity contribution in [2.24, 2.45) is 5.92 Å². The Hall–Kier alpha value is -1.55. The zero-order chi connectivity index (χ0) is 14.5. The van der Waals surface area contributed by atoms with Gasteiger partial charge >= 0.3 is 6.03 Å². The summed E-state index contributed by atoms with van der Waals surface area (Å²) in [4.78, 5) is 16.0. The summed E-state index contributed by atoms with van der Waals surface area (Å²) in [6.07, 6.45) is 0.973. The number of urea groups is 1. The molecule has 1 aromatic rings. The number of nitrogens with one attached hydrogen (secondary N) is 1. The third-order valence-corrected chi connectivity index (χ3v) is 3.54. The molecule has 0 fully saturated rings. The van der Waals surface area contributed by atoms with Crippen molar-refractivity contribution >= 4 is 11.7 Å². The summed E-state index contributed by atoms with van der Waals surface area (Å²) in [7, 11) is 1.86. The number of fused-ring (bicyclic) bond motifs is 1. The van der Waals surface area contributed by atoms with Crippen molar-refractivity contribution in [1.82, 2.24) is 10.2 Å². The molecule has 4 nitrogen and oxygen atoms in total. The van der Waals surface area contributed by atoms with E-state index in [-0.39, 0.29) is 6.03 Å². The summed E-state index contributed by atoms with van der Waals surface area (Å²) in [6.45, 7) is 7.86. The van der Waals surface area contributed by atoms with Gasteiger partial charge in [-0.2, -0.15) is 0 Å². The maximum absolute atomic E-state index is 12.3. The predicted molar refractivity (Wildman–Crippen MR) is 83.0 cm³/mol. The molecular weight excluding hydrogens is 250 g/mol. The van der Waals surface area contributed by atoms with Gasteiger partial charge in [0.15, 0.2) is 0 Å². The highest BCUT2D eigenvalue weighted by molar-refractivity contribution is 5.94. The highest BCUT2D eigenvalue weighted by atomic mass is 16.2. The molecule has 0 aromatic heterocycles. The fourth-order valence-electron chi connectivity index (χ4n) is 2.51. The topological polar surface area (TPSA) is 35.6 Å². The summed E-state index contributed by atoms with van der Waals surface area (Å²) in [5, 5.41) is 3.42. The Morgan fingerprint density at radius 1 is 1.30 bits per heavy atom. The third kappa shape index (κ3) is 3.51. The zero-order valence-corrected chi connectivity index (χ0v) is 12.7. The summed E-state index contributed by atoms with van der Waals surface area (Å²) in [6, 6.07) is 8.28. The number of rotatable bonds is 6. The molecule has 0 radical (unpaired) electrons. The Balaban J connectivity index is 1.94. The fourth-order valence-corrected chi connectivity index (χ4v) is 2.51. The normalized spacial score (nSPS) is 14.9. The first-order chi connectivity index (χ1) is 9.59. The van der Waals surface area contributed by atoms with Crippen LogP contribution in [0.1, 0.15) is 25.8 Å². The molecule has 1 aliphatic rings. The molecule has 1 N–H and O–H groups in total. The van der Waals surface area contributed by atoms with Crippen LogP contribution in [0.2, 0.25) is 0 Å². The Bertz CT molecular complexity index is 459. The van der Waals surface area contributed by atoms with Crippen molar-refractivity contribution in [2.45, 2.75) is 26.8 Å². The number of hydrogen-bond acceptors (Lipinski definition) is 2. The van der Waals surface area contributed by atoms with Gasteiger partial charge in [-0.05, 0) is 37.1 Å². The van der Waals surface area contributed by atoms with E-state index >= 15 is 0 Å². The van der Waals surface area contributed by atoms with E-state index in [9.17, 15) is 4.79 Å². The van der Waals surface area contributed by atoms with Gasteiger partial charge in [0, 0.05) is 20.1 Å². The highest BCUT2D eigenvalue weighted by Gasteiger charge is 2.26. The molecule has 0 unspecified atom stereocenters. The quantitative estimate of drug-likeness (QED) is 0.810. The summed E-state index contributed by atoms with van der Waals surface area (Å²) >= 11 is 0. The van der Waals surface area contributed by atoms with Crippen molar-refractivity contribution in [3.05, 3.63) is 29.8 Å². The predicted octanol–water partition coefficient (Wildman–Crippen LogP) is 2.69. The van der Waals surface area contributed by atoms with Crippen LogP contribution in [0.3, 0.4) is 0 Å². The highest BCUT2D eigenvalue weighted by Crippen LogP contribution is 2.27. The number of nitrogens with zero attached hydrogens (tertiary/aromatic N) is 2. The number of amides is 2. The van der Waals surface area contributed by atoms with Gasteiger partial charge in [0.25, 0.3) is 0 Å². The number of hydrogen-bond donors (Lipinski definition) is 1. The standard InChI is InChI=1S/C16H25N3O/c1-13(2)11-17-9-6-10-19-15-8-5-4-7-14(15)12-18(3)16(19)20/h4-5,7-8,13,17H,6,9-12H2,1-3H3. The van der Waals surface area contributed by atoms with Crippen molar-refractivity contribution < 1.29 is 4.79 Å². The molecule has 20 heavy (non-hydrogen) atoms. The van der Waals surface area contributed by atoms with Crippen LogP contribution in [0.4, 0.5) is 10.5 Å². The lowest BCUT2D eigenvalue weighted by molar-refractivity contribution is 0.210. The van der Waals surface area contributed by atoms with Gasteiger partial charge in [0.05, 0.1) is 5.69 Å². The first kappa shape index (κ1) is 14.9. The largest absolute Gasteiger partial charge is 0.324 e.